The first-order valence-electron chi connectivity index (χ1n) is 7.50. The Morgan fingerprint density at radius 2 is 1.83 bits per heavy atom. The number of pyridine rings is 1. The molecular formula is C19H15Cl2NO2. The molecule has 0 saturated heterocycles. The minimum atomic E-state index is -0.997. The van der Waals surface area contributed by atoms with E-state index in [9.17, 15) is 9.90 Å². The summed E-state index contributed by atoms with van der Waals surface area (Å²) < 4.78 is 0. The average molecular weight is 360 g/mol. The van der Waals surface area contributed by atoms with E-state index in [0.29, 0.717) is 38.1 Å². The highest BCUT2D eigenvalue weighted by Crippen LogP contribution is 2.33. The topological polar surface area (TPSA) is 50.2 Å². The summed E-state index contributed by atoms with van der Waals surface area (Å²) in [6, 6.07) is 12.3. The lowest BCUT2D eigenvalue weighted by molar-refractivity contribution is 0.0699. The maximum absolute atomic E-state index is 11.7. The molecule has 0 saturated carbocycles. The second-order valence-corrected chi connectivity index (χ2v) is 6.76. The van der Waals surface area contributed by atoms with Gasteiger partial charge in [-0.15, -0.1) is 0 Å². The number of hydrogen-bond acceptors (Lipinski definition) is 2. The molecule has 2 aromatic carbocycles. The number of carboxylic acid groups (broad SMARTS) is 1. The molecule has 0 radical (unpaired) electrons. The van der Waals surface area contributed by atoms with Crippen molar-refractivity contribution in [2.75, 3.05) is 0 Å². The number of carboxylic acids is 1. The van der Waals surface area contributed by atoms with Crippen molar-refractivity contribution in [1.29, 1.82) is 0 Å². The highest BCUT2D eigenvalue weighted by atomic mass is 35.5. The van der Waals surface area contributed by atoms with Crippen LogP contribution in [0.5, 0.6) is 0 Å². The van der Waals surface area contributed by atoms with E-state index in [-0.39, 0.29) is 5.56 Å². The maximum Gasteiger partial charge on any atom is 0.336 e. The van der Waals surface area contributed by atoms with Crippen molar-refractivity contribution in [3.63, 3.8) is 0 Å². The number of nitrogens with zero attached hydrogens (tertiary/aromatic N) is 1. The monoisotopic (exact) mass is 359 g/mol. The molecule has 0 aliphatic carbocycles. The van der Waals surface area contributed by atoms with E-state index in [0.717, 1.165) is 5.56 Å². The largest absolute Gasteiger partial charge is 0.478 e. The van der Waals surface area contributed by atoms with Gasteiger partial charge in [0.15, 0.2) is 0 Å². The van der Waals surface area contributed by atoms with Crippen molar-refractivity contribution in [2.45, 2.75) is 19.8 Å². The lowest BCUT2D eigenvalue weighted by Gasteiger charge is -2.11. The molecule has 0 bridgehead atoms. The number of fused-ring (bicyclic) bond motifs is 1. The fourth-order valence-electron chi connectivity index (χ4n) is 2.61. The molecule has 122 valence electrons. The average Bonchev–Trinajstić information content (AvgIpc) is 2.55. The Balaban J connectivity index is 2.30. The summed E-state index contributed by atoms with van der Waals surface area (Å²) in [7, 11) is 0. The minimum absolute atomic E-state index is 0.202. The SMILES string of the molecule is CC(C)c1ccc2nc(-c3cc(Cl)ccc3Cl)cc(C(=O)O)c2c1. The van der Waals surface area contributed by atoms with E-state index >= 15 is 0 Å². The Hall–Kier alpha value is -2.10. The van der Waals surface area contributed by atoms with E-state index in [1.54, 1.807) is 24.3 Å². The molecule has 3 rings (SSSR count). The van der Waals surface area contributed by atoms with Gasteiger partial charge in [-0.05, 0) is 47.9 Å². The zero-order valence-electron chi connectivity index (χ0n) is 13.2. The standard InChI is InChI=1S/C19H15Cl2NO2/c1-10(2)11-3-6-17-13(7-11)14(19(23)24)9-18(22-17)15-8-12(20)4-5-16(15)21/h3-10H,1-2H3,(H,23,24). The molecule has 1 N–H and O–H groups in total. The molecule has 0 amide bonds. The molecule has 0 aliphatic heterocycles. The van der Waals surface area contributed by atoms with Gasteiger partial charge in [0.05, 0.1) is 21.8 Å². The third-order valence-corrected chi connectivity index (χ3v) is 4.50. The highest BCUT2D eigenvalue weighted by Gasteiger charge is 2.16. The number of rotatable bonds is 3. The number of carbonyl (C=O) groups is 1. The van der Waals surface area contributed by atoms with Gasteiger partial charge in [0.1, 0.15) is 0 Å². The Kier molecular flexibility index (Phi) is 4.48. The summed E-state index contributed by atoms with van der Waals surface area (Å²) in [5.41, 5.74) is 2.99. The summed E-state index contributed by atoms with van der Waals surface area (Å²) in [5.74, 6) is -0.694. The van der Waals surface area contributed by atoms with Crippen molar-refractivity contribution in [2.24, 2.45) is 0 Å². The van der Waals surface area contributed by atoms with Crippen LogP contribution in [0.25, 0.3) is 22.2 Å². The van der Waals surface area contributed by atoms with Crippen LogP contribution in [0.15, 0.2) is 42.5 Å². The van der Waals surface area contributed by atoms with Gasteiger partial charge in [-0.25, -0.2) is 9.78 Å². The Labute approximate surface area is 149 Å². The van der Waals surface area contributed by atoms with Gasteiger partial charge in [-0.1, -0.05) is 43.1 Å². The molecular weight excluding hydrogens is 345 g/mol. The minimum Gasteiger partial charge on any atom is -0.478 e. The Bertz CT molecular complexity index is 951. The zero-order chi connectivity index (χ0) is 17.4. The van der Waals surface area contributed by atoms with Gasteiger partial charge < -0.3 is 5.11 Å². The van der Waals surface area contributed by atoms with Crippen LogP contribution in [-0.4, -0.2) is 16.1 Å². The van der Waals surface area contributed by atoms with Crippen LogP contribution in [0.2, 0.25) is 10.0 Å². The maximum atomic E-state index is 11.7. The fraction of sp³-hybridized carbons (Fsp3) is 0.158. The molecule has 24 heavy (non-hydrogen) atoms. The van der Waals surface area contributed by atoms with Crippen molar-refractivity contribution < 1.29 is 9.90 Å². The van der Waals surface area contributed by atoms with Crippen LogP contribution in [0, 0.1) is 0 Å². The molecule has 1 aromatic heterocycles. The number of benzene rings is 2. The van der Waals surface area contributed by atoms with Crippen molar-refractivity contribution in [1.82, 2.24) is 4.98 Å². The lowest BCUT2D eigenvalue weighted by Crippen LogP contribution is -2.01. The van der Waals surface area contributed by atoms with Crippen molar-refractivity contribution >= 4 is 40.1 Å². The van der Waals surface area contributed by atoms with Crippen molar-refractivity contribution in [3.8, 4) is 11.3 Å². The van der Waals surface area contributed by atoms with Gasteiger partial charge in [0.25, 0.3) is 0 Å². The predicted octanol–water partition coefficient (Wildman–Crippen LogP) is 6.03. The molecule has 0 spiro atoms. The summed E-state index contributed by atoms with van der Waals surface area (Å²) in [5, 5.41) is 11.2. The van der Waals surface area contributed by atoms with Crippen LogP contribution in [0.1, 0.15) is 35.7 Å². The number of halogens is 2. The number of aromatic nitrogens is 1. The van der Waals surface area contributed by atoms with E-state index in [2.05, 4.69) is 18.8 Å². The third kappa shape index (κ3) is 3.10. The van der Waals surface area contributed by atoms with Crippen LogP contribution >= 0.6 is 23.2 Å². The first-order valence-corrected chi connectivity index (χ1v) is 8.26. The van der Waals surface area contributed by atoms with Gasteiger partial charge in [-0.2, -0.15) is 0 Å². The van der Waals surface area contributed by atoms with Crippen molar-refractivity contribution in [3.05, 3.63) is 63.6 Å². The van der Waals surface area contributed by atoms with E-state index in [1.807, 2.05) is 18.2 Å². The van der Waals surface area contributed by atoms with E-state index in [4.69, 9.17) is 23.2 Å². The normalized spacial score (nSPS) is 11.2. The molecule has 0 fully saturated rings. The van der Waals surface area contributed by atoms with E-state index < -0.39 is 5.97 Å². The second kappa shape index (κ2) is 6.42. The molecule has 3 nitrogen and oxygen atoms in total. The number of hydrogen-bond donors (Lipinski definition) is 1. The quantitative estimate of drug-likeness (QED) is 0.620. The fourth-order valence-corrected chi connectivity index (χ4v) is 3.00. The summed E-state index contributed by atoms with van der Waals surface area (Å²) in [4.78, 5) is 16.3. The lowest BCUT2D eigenvalue weighted by atomic mass is 9.97. The summed E-state index contributed by atoms with van der Waals surface area (Å²) in [6.07, 6.45) is 0. The predicted molar refractivity (Wildman–Crippen MR) is 98.2 cm³/mol. The number of aromatic carboxylic acids is 1. The van der Waals surface area contributed by atoms with Crippen LogP contribution in [0.3, 0.4) is 0 Å². The molecule has 5 heteroatoms. The molecule has 3 aromatic rings. The third-order valence-electron chi connectivity index (χ3n) is 3.93. The smallest absolute Gasteiger partial charge is 0.336 e. The second-order valence-electron chi connectivity index (χ2n) is 5.92. The summed E-state index contributed by atoms with van der Waals surface area (Å²) >= 11 is 12.3. The van der Waals surface area contributed by atoms with Crippen LogP contribution < -0.4 is 0 Å². The molecule has 0 aliphatic rings. The molecule has 0 atom stereocenters. The highest BCUT2D eigenvalue weighted by molar-refractivity contribution is 6.35. The van der Waals surface area contributed by atoms with Gasteiger partial charge >= 0.3 is 5.97 Å². The van der Waals surface area contributed by atoms with Crippen LogP contribution in [0.4, 0.5) is 0 Å². The van der Waals surface area contributed by atoms with Gasteiger partial charge in [-0.3, -0.25) is 0 Å². The zero-order valence-corrected chi connectivity index (χ0v) is 14.7. The van der Waals surface area contributed by atoms with E-state index in [1.165, 1.54) is 0 Å². The summed E-state index contributed by atoms with van der Waals surface area (Å²) in [6.45, 7) is 4.13. The Morgan fingerprint density at radius 1 is 1.08 bits per heavy atom. The van der Waals surface area contributed by atoms with Gasteiger partial charge in [0.2, 0.25) is 0 Å². The molecule has 0 unspecified atom stereocenters. The van der Waals surface area contributed by atoms with Crippen LogP contribution in [-0.2, 0) is 0 Å². The first kappa shape index (κ1) is 16.7. The molecule has 1 heterocycles. The van der Waals surface area contributed by atoms with Gasteiger partial charge in [0, 0.05) is 16.0 Å². The first-order chi connectivity index (χ1) is 11.4. The Morgan fingerprint density at radius 3 is 2.50 bits per heavy atom.